The van der Waals surface area contributed by atoms with Crippen LogP contribution < -0.4 is 0 Å². The monoisotopic (exact) mass is 351 g/mol. The Morgan fingerprint density at radius 3 is 2.25 bits per heavy atom. The molecule has 6 heteroatoms. The van der Waals surface area contributed by atoms with E-state index in [9.17, 15) is 9.59 Å². The van der Waals surface area contributed by atoms with Gasteiger partial charge in [0.25, 0.3) is 5.91 Å². The highest BCUT2D eigenvalue weighted by Crippen LogP contribution is 2.32. The van der Waals surface area contributed by atoms with Gasteiger partial charge in [0.1, 0.15) is 5.25 Å². The molecule has 1 atom stereocenters. The number of thioether (sulfide) groups is 1. The minimum absolute atomic E-state index is 0.0832. The Morgan fingerprint density at radius 2 is 1.71 bits per heavy atom. The topological polar surface area (TPSA) is 66.8 Å². The maximum absolute atomic E-state index is 13.1. The van der Waals surface area contributed by atoms with E-state index in [0.29, 0.717) is 23.5 Å². The van der Waals surface area contributed by atoms with Crippen molar-refractivity contribution in [2.24, 2.45) is 0 Å². The van der Waals surface area contributed by atoms with Crippen LogP contribution in [0.1, 0.15) is 45.0 Å². The Balaban J connectivity index is 2.28. The maximum Gasteiger partial charge on any atom is 0.316 e. The highest BCUT2D eigenvalue weighted by atomic mass is 32.2. The Kier molecular flexibility index (Phi) is 5.30. The van der Waals surface area contributed by atoms with Gasteiger partial charge in [0.15, 0.2) is 0 Å². The number of morpholine rings is 1. The molecule has 5 nitrogen and oxygen atoms in total. The standard InChI is InChI=1S/C18H25NO4S/c1-12(16(21)22)24-14-9-7-6-8-13(14)15(20)19-10-17(2,3)23-18(4,5)11-19/h6-9,12H,10-11H2,1-5H3,(H,21,22). The van der Waals surface area contributed by atoms with Crippen LogP contribution >= 0.6 is 11.8 Å². The van der Waals surface area contributed by atoms with Crippen LogP contribution in [0.4, 0.5) is 0 Å². The van der Waals surface area contributed by atoms with Crippen LogP contribution in [0.15, 0.2) is 29.2 Å². The first kappa shape index (κ1) is 18.8. The van der Waals surface area contributed by atoms with Crippen molar-refractivity contribution in [2.45, 2.75) is 56.0 Å². The molecule has 1 aromatic rings. The van der Waals surface area contributed by atoms with E-state index in [1.165, 1.54) is 11.8 Å². The zero-order chi connectivity index (χ0) is 18.1. The molecule has 1 saturated heterocycles. The number of aliphatic carboxylic acids is 1. The number of carboxylic acid groups (broad SMARTS) is 1. The molecule has 1 aliphatic rings. The van der Waals surface area contributed by atoms with E-state index in [1.807, 2.05) is 33.8 Å². The normalized spacial score (nSPS) is 20.5. The minimum Gasteiger partial charge on any atom is -0.480 e. The van der Waals surface area contributed by atoms with Crippen LogP contribution in [0.25, 0.3) is 0 Å². The van der Waals surface area contributed by atoms with Crippen molar-refractivity contribution in [3.63, 3.8) is 0 Å². The van der Waals surface area contributed by atoms with Crippen LogP contribution in [0.3, 0.4) is 0 Å². The molecule has 1 heterocycles. The molecule has 0 radical (unpaired) electrons. The number of rotatable bonds is 4. The van der Waals surface area contributed by atoms with Gasteiger partial charge >= 0.3 is 5.97 Å². The molecule has 1 N–H and O–H groups in total. The van der Waals surface area contributed by atoms with Crippen LogP contribution in [0, 0.1) is 0 Å². The van der Waals surface area contributed by atoms with Gasteiger partial charge < -0.3 is 14.7 Å². The summed E-state index contributed by atoms with van der Waals surface area (Å²) in [6.45, 7) is 10.5. The molecule has 0 aliphatic carbocycles. The van der Waals surface area contributed by atoms with E-state index in [-0.39, 0.29) is 5.91 Å². The van der Waals surface area contributed by atoms with Gasteiger partial charge in [0.2, 0.25) is 0 Å². The second-order valence-electron chi connectivity index (χ2n) is 7.38. The first-order chi connectivity index (χ1) is 11.0. The number of amides is 1. The van der Waals surface area contributed by atoms with Crippen molar-refractivity contribution >= 4 is 23.6 Å². The third kappa shape index (κ3) is 4.51. The van der Waals surface area contributed by atoms with Crippen molar-refractivity contribution in [3.05, 3.63) is 29.8 Å². The van der Waals surface area contributed by atoms with Gasteiger partial charge in [-0.15, -0.1) is 11.8 Å². The molecule has 0 spiro atoms. The van der Waals surface area contributed by atoms with Crippen molar-refractivity contribution < 1.29 is 19.4 Å². The van der Waals surface area contributed by atoms with E-state index in [0.717, 1.165) is 0 Å². The number of carbonyl (C=O) groups is 2. The molecule has 0 bridgehead atoms. The van der Waals surface area contributed by atoms with Gasteiger partial charge in [0.05, 0.1) is 16.8 Å². The fourth-order valence-electron chi connectivity index (χ4n) is 3.09. The molecule has 132 valence electrons. The smallest absolute Gasteiger partial charge is 0.316 e. The van der Waals surface area contributed by atoms with Crippen LogP contribution in [-0.2, 0) is 9.53 Å². The van der Waals surface area contributed by atoms with Gasteiger partial charge in [-0.05, 0) is 46.8 Å². The van der Waals surface area contributed by atoms with Crippen molar-refractivity contribution in [1.82, 2.24) is 4.90 Å². The van der Waals surface area contributed by atoms with Crippen LogP contribution in [0.2, 0.25) is 0 Å². The highest BCUT2D eigenvalue weighted by Gasteiger charge is 2.40. The molecule has 2 rings (SSSR count). The minimum atomic E-state index is -0.893. The summed E-state index contributed by atoms with van der Waals surface area (Å²) in [5.74, 6) is -0.976. The van der Waals surface area contributed by atoms with E-state index in [4.69, 9.17) is 9.84 Å². The lowest BCUT2D eigenvalue weighted by Gasteiger charge is -2.47. The summed E-state index contributed by atoms with van der Waals surface area (Å²) in [6, 6.07) is 7.18. The van der Waals surface area contributed by atoms with Crippen molar-refractivity contribution in [2.75, 3.05) is 13.1 Å². The number of hydrogen-bond acceptors (Lipinski definition) is 4. The Morgan fingerprint density at radius 1 is 1.17 bits per heavy atom. The molecule has 0 aromatic heterocycles. The molecule has 24 heavy (non-hydrogen) atoms. The lowest BCUT2D eigenvalue weighted by Crippen LogP contribution is -2.58. The van der Waals surface area contributed by atoms with Gasteiger partial charge in [-0.25, -0.2) is 0 Å². The summed E-state index contributed by atoms with van der Waals surface area (Å²) >= 11 is 1.19. The number of benzene rings is 1. The number of hydrogen-bond donors (Lipinski definition) is 1. The third-order valence-electron chi connectivity index (χ3n) is 3.75. The van der Waals surface area contributed by atoms with Gasteiger partial charge in [-0.3, -0.25) is 9.59 Å². The molecular formula is C18H25NO4S. The maximum atomic E-state index is 13.1. The number of ether oxygens (including phenoxy) is 1. The molecule has 1 aromatic carbocycles. The van der Waals surface area contributed by atoms with Crippen molar-refractivity contribution in [3.8, 4) is 0 Å². The van der Waals surface area contributed by atoms with Crippen LogP contribution in [0.5, 0.6) is 0 Å². The lowest BCUT2D eigenvalue weighted by atomic mass is 9.98. The zero-order valence-corrected chi connectivity index (χ0v) is 15.6. The summed E-state index contributed by atoms with van der Waals surface area (Å²) in [7, 11) is 0. The average Bonchev–Trinajstić information content (AvgIpc) is 2.43. The van der Waals surface area contributed by atoms with E-state index in [2.05, 4.69) is 0 Å². The molecule has 0 saturated carbocycles. The summed E-state index contributed by atoms with van der Waals surface area (Å²) in [6.07, 6.45) is 0. The first-order valence-corrected chi connectivity index (χ1v) is 8.87. The van der Waals surface area contributed by atoms with Crippen LogP contribution in [-0.4, -0.2) is 51.4 Å². The summed E-state index contributed by atoms with van der Waals surface area (Å²) in [5.41, 5.74) is -0.300. The van der Waals surface area contributed by atoms with E-state index in [1.54, 1.807) is 30.0 Å². The number of carbonyl (C=O) groups excluding carboxylic acids is 1. The van der Waals surface area contributed by atoms with Crippen molar-refractivity contribution in [1.29, 1.82) is 0 Å². The first-order valence-electron chi connectivity index (χ1n) is 7.99. The fourth-order valence-corrected chi connectivity index (χ4v) is 4.01. The second-order valence-corrected chi connectivity index (χ2v) is 8.76. The number of nitrogens with zero attached hydrogens (tertiary/aromatic N) is 1. The van der Waals surface area contributed by atoms with Gasteiger partial charge in [-0.2, -0.15) is 0 Å². The Hall–Kier alpha value is -1.53. The summed E-state index contributed by atoms with van der Waals surface area (Å²) < 4.78 is 6.03. The third-order valence-corrected chi connectivity index (χ3v) is 4.92. The lowest BCUT2D eigenvalue weighted by molar-refractivity contribution is -0.171. The molecular weight excluding hydrogens is 326 g/mol. The van der Waals surface area contributed by atoms with E-state index < -0.39 is 22.4 Å². The largest absolute Gasteiger partial charge is 0.480 e. The SMILES string of the molecule is CC(Sc1ccccc1C(=O)N1CC(C)(C)OC(C)(C)C1)C(=O)O. The van der Waals surface area contributed by atoms with Gasteiger partial charge in [0, 0.05) is 18.0 Å². The number of carboxylic acids is 1. The molecule has 1 aliphatic heterocycles. The quantitative estimate of drug-likeness (QED) is 0.843. The predicted octanol–water partition coefficient (Wildman–Crippen LogP) is 3.28. The molecule has 1 unspecified atom stereocenters. The Labute approximate surface area is 147 Å². The molecule has 1 fully saturated rings. The van der Waals surface area contributed by atoms with Gasteiger partial charge in [-0.1, -0.05) is 12.1 Å². The summed E-state index contributed by atoms with van der Waals surface area (Å²) in [4.78, 5) is 26.7. The fraction of sp³-hybridized carbons (Fsp3) is 0.556. The van der Waals surface area contributed by atoms with E-state index >= 15 is 0 Å². The average molecular weight is 351 g/mol. The second kappa shape index (κ2) is 6.76. The molecule has 1 amide bonds. The highest BCUT2D eigenvalue weighted by molar-refractivity contribution is 8.00. The predicted molar refractivity (Wildman–Crippen MR) is 94.5 cm³/mol. The summed E-state index contributed by atoms with van der Waals surface area (Å²) in [5, 5.41) is 8.51. The zero-order valence-electron chi connectivity index (χ0n) is 14.8. The Bertz CT molecular complexity index is 626.